The van der Waals surface area contributed by atoms with Crippen molar-refractivity contribution in [3.8, 4) is 5.75 Å². The summed E-state index contributed by atoms with van der Waals surface area (Å²) >= 11 is 0. The van der Waals surface area contributed by atoms with Gasteiger partial charge in [0.1, 0.15) is 5.75 Å². The number of hydrogen-bond donors (Lipinski definition) is 3. The number of aliphatic hydroxyl groups excluding tert-OH is 1. The lowest BCUT2D eigenvalue weighted by Gasteiger charge is -2.07. The third-order valence-corrected chi connectivity index (χ3v) is 1.84. The van der Waals surface area contributed by atoms with Gasteiger partial charge in [-0.2, -0.15) is 0 Å². The molecule has 0 aliphatic heterocycles. The quantitative estimate of drug-likeness (QED) is 0.674. The van der Waals surface area contributed by atoms with E-state index in [9.17, 15) is 9.90 Å². The van der Waals surface area contributed by atoms with Crippen LogP contribution in [0, 0.1) is 0 Å². The summed E-state index contributed by atoms with van der Waals surface area (Å²) in [5.74, 6) is -1.03. The summed E-state index contributed by atoms with van der Waals surface area (Å²) in [5, 5.41) is 27.2. The first-order valence-electron chi connectivity index (χ1n) is 4.24. The number of carboxylic acid groups (broad SMARTS) is 1. The summed E-state index contributed by atoms with van der Waals surface area (Å²) in [5.41, 5.74) is 0.554. The Morgan fingerprint density at radius 2 is 2.14 bits per heavy atom. The molecule has 0 aliphatic carbocycles. The van der Waals surface area contributed by atoms with E-state index in [1.54, 1.807) is 6.92 Å². The van der Waals surface area contributed by atoms with E-state index in [4.69, 9.17) is 10.2 Å². The number of hydrogen-bond acceptors (Lipinski definition) is 3. The maximum Gasteiger partial charge on any atom is 0.335 e. The Labute approximate surface area is 81.4 Å². The van der Waals surface area contributed by atoms with Gasteiger partial charge in [0.2, 0.25) is 0 Å². The Balaban J connectivity index is 3.02. The van der Waals surface area contributed by atoms with Crippen LogP contribution in [-0.4, -0.2) is 27.4 Å². The van der Waals surface area contributed by atoms with Gasteiger partial charge in [0, 0.05) is 6.42 Å². The van der Waals surface area contributed by atoms with E-state index < -0.39 is 12.1 Å². The first kappa shape index (κ1) is 10.5. The van der Waals surface area contributed by atoms with Gasteiger partial charge < -0.3 is 15.3 Å². The third-order valence-electron chi connectivity index (χ3n) is 1.84. The Kier molecular flexibility index (Phi) is 3.09. The van der Waals surface area contributed by atoms with Crippen LogP contribution in [0.4, 0.5) is 0 Å². The van der Waals surface area contributed by atoms with Crippen LogP contribution in [-0.2, 0) is 6.42 Å². The Hall–Kier alpha value is -1.55. The van der Waals surface area contributed by atoms with Crippen LogP contribution in [0.3, 0.4) is 0 Å². The van der Waals surface area contributed by atoms with Gasteiger partial charge in [-0.1, -0.05) is 0 Å². The van der Waals surface area contributed by atoms with Crippen molar-refractivity contribution in [2.45, 2.75) is 19.4 Å². The molecule has 0 fully saturated rings. The lowest BCUT2D eigenvalue weighted by Crippen LogP contribution is -2.06. The number of aliphatic hydroxyl groups is 1. The van der Waals surface area contributed by atoms with E-state index in [0.29, 0.717) is 5.56 Å². The minimum absolute atomic E-state index is 0.0101. The second-order valence-corrected chi connectivity index (χ2v) is 3.20. The van der Waals surface area contributed by atoms with E-state index in [1.165, 1.54) is 18.2 Å². The number of carbonyl (C=O) groups is 1. The highest BCUT2D eigenvalue weighted by molar-refractivity contribution is 5.88. The van der Waals surface area contributed by atoms with Crippen molar-refractivity contribution in [1.29, 1.82) is 0 Å². The van der Waals surface area contributed by atoms with Crippen LogP contribution >= 0.6 is 0 Å². The fraction of sp³-hybridized carbons (Fsp3) is 0.300. The highest BCUT2D eigenvalue weighted by Gasteiger charge is 2.09. The SMILES string of the molecule is CC(O)Cc1cc(C(=O)O)ccc1O. The van der Waals surface area contributed by atoms with Gasteiger partial charge >= 0.3 is 5.97 Å². The maximum absolute atomic E-state index is 10.6. The average molecular weight is 196 g/mol. The molecule has 0 bridgehead atoms. The van der Waals surface area contributed by atoms with E-state index in [2.05, 4.69) is 0 Å². The van der Waals surface area contributed by atoms with Crippen LogP contribution in [0.25, 0.3) is 0 Å². The van der Waals surface area contributed by atoms with Gasteiger partial charge in [0.15, 0.2) is 0 Å². The Morgan fingerprint density at radius 1 is 1.50 bits per heavy atom. The molecule has 1 atom stereocenters. The number of aromatic hydroxyl groups is 1. The molecule has 1 rings (SSSR count). The van der Waals surface area contributed by atoms with Crippen molar-refractivity contribution in [2.24, 2.45) is 0 Å². The van der Waals surface area contributed by atoms with Crippen LogP contribution < -0.4 is 0 Å². The molecule has 0 spiro atoms. The normalized spacial score (nSPS) is 12.4. The number of phenols is 1. The Bertz CT molecular complexity index is 344. The van der Waals surface area contributed by atoms with Gasteiger partial charge in [0.25, 0.3) is 0 Å². The Morgan fingerprint density at radius 3 is 2.64 bits per heavy atom. The zero-order valence-electron chi connectivity index (χ0n) is 7.77. The molecular weight excluding hydrogens is 184 g/mol. The smallest absolute Gasteiger partial charge is 0.335 e. The summed E-state index contributed by atoms with van der Waals surface area (Å²) < 4.78 is 0. The van der Waals surface area contributed by atoms with Gasteiger partial charge in [-0.25, -0.2) is 4.79 Å². The lowest BCUT2D eigenvalue weighted by molar-refractivity contribution is 0.0696. The fourth-order valence-electron chi connectivity index (χ4n) is 1.20. The standard InChI is InChI=1S/C10H12O4/c1-6(11)4-8-5-7(10(13)14)2-3-9(8)12/h2-3,5-6,11-12H,4H2,1H3,(H,13,14). The number of aromatic carboxylic acids is 1. The number of carboxylic acids is 1. The van der Waals surface area contributed by atoms with Crippen LogP contribution in [0.1, 0.15) is 22.8 Å². The number of rotatable bonds is 3. The first-order chi connectivity index (χ1) is 6.50. The summed E-state index contributed by atoms with van der Waals surface area (Å²) in [7, 11) is 0. The van der Waals surface area contributed by atoms with E-state index >= 15 is 0 Å². The largest absolute Gasteiger partial charge is 0.508 e. The van der Waals surface area contributed by atoms with Crippen molar-refractivity contribution in [3.05, 3.63) is 29.3 Å². The predicted octanol–water partition coefficient (Wildman–Crippen LogP) is 1.01. The maximum atomic E-state index is 10.6. The topological polar surface area (TPSA) is 77.8 Å². The van der Waals surface area contributed by atoms with Gasteiger partial charge in [-0.15, -0.1) is 0 Å². The molecule has 14 heavy (non-hydrogen) atoms. The van der Waals surface area contributed by atoms with Crippen molar-refractivity contribution >= 4 is 5.97 Å². The molecule has 1 unspecified atom stereocenters. The lowest BCUT2D eigenvalue weighted by atomic mass is 10.0. The molecule has 0 heterocycles. The van der Waals surface area contributed by atoms with Crippen molar-refractivity contribution < 1.29 is 20.1 Å². The van der Waals surface area contributed by atoms with E-state index in [0.717, 1.165) is 0 Å². The molecular formula is C10H12O4. The van der Waals surface area contributed by atoms with Crippen LogP contribution in [0.2, 0.25) is 0 Å². The predicted molar refractivity (Wildman–Crippen MR) is 50.5 cm³/mol. The summed E-state index contributed by atoms with van der Waals surface area (Å²) in [6, 6.07) is 4.01. The molecule has 3 N–H and O–H groups in total. The summed E-state index contributed by atoms with van der Waals surface area (Å²) in [6.07, 6.45) is -0.364. The highest BCUT2D eigenvalue weighted by atomic mass is 16.4. The first-order valence-corrected chi connectivity index (χ1v) is 4.24. The van der Waals surface area contributed by atoms with Gasteiger partial charge in [-0.3, -0.25) is 0 Å². The molecule has 0 aromatic heterocycles. The zero-order chi connectivity index (χ0) is 10.7. The fourth-order valence-corrected chi connectivity index (χ4v) is 1.20. The van der Waals surface area contributed by atoms with Crippen molar-refractivity contribution in [1.82, 2.24) is 0 Å². The van der Waals surface area contributed by atoms with Crippen molar-refractivity contribution in [3.63, 3.8) is 0 Å². The molecule has 4 nitrogen and oxygen atoms in total. The third kappa shape index (κ3) is 2.47. The van der Waals surface area contributed by atoms with Crippen LogP contribution in [0.5, 0.6) is 5.75 Å². The van der Waals surface area contributed by atoms with Crippen molar-refractivity contribution in [2.75, 3.05) is 0 Å². The number of benzene rings is 1. The molecule has 1 aromatic rings. The zero-order valence-corrected chi connectivity index (χ0v) is 7.77. The van der Waals surface area contributed by atoms with E-state index in [-0.39, 0.29) is 17.7 Å². The second kappa shape index (κ2) is 4.11. The summed E-state index contributed by atoms with van der Waals surface area (Å²) in [4.78, 5) is 10.6. The molecule has 4 heteroatoms. The van der Waals surface area contributed by atoms with E-state index in [1.807, 2.05) is 0 Å². The van der Waals surface area contributed by atoms with Crippen LogP contribution in [0.15, 0.2) is 18.2 Å². The molecule has 0 radical (unpaired) electrons. The number of phenolic OH excluding ortho intramolecular Hbond substituents is 1. The molecule has 0 amide bonds. The molecule has 0 saturated heterocycles. The minimum atomic E-state index is -1.04. The molecule has 76 valence electrons. The second-order valence-electron chi connectivity index (χ2n) is 3.20. The van der Waals surface area contributed by atoms with Gasteiger partial charge in [-0.05, 0) is 30.7 Å². The molecule has 0 saturated carbocycles. The minimum Gasteiger partial charge on any atom is -0.508 e. The average Bonchev–Trinajstić information content (AvgIpc) is 2.07. The molecule has 1 aromatic carbocycles. The molecule has 0 aliphatic rings. The monoisotopic (exact) mass is 196 g/mol. The van der Waals surface area contributed by atoms with Gasteiger partial charge in [0.05, 0.1) is 11.7 Å². The highest BCUT2D eigenvalue weighted by Crippen LogP contribution is 2.20. The summed E-state index contributed by atoms with van der Waals surface area (Å²) in [6.45, 7) is 1.58.